The zero-order valence-electron chi connectivity index (χ0n) is 10.5. The summed E-state index contributed by atoms with van der Waals surface area (Å²) in [5, 5.41) is 7.04. The normalized spacial score (nSPS) is 24.4. The van der Waals surface area contributed by atoms with Crippen LogP contribution in [-0.4, -0.2) is 25.7 Å². The fourth-order valence-corrected chi connectivity index (χ4v) is 3.06. The molecule has 0 saturated carbocycles. The number of aryl methyl sites for hydroxylation is 2. The summed E-state index contributed by atoms with van der Waals surface area (Å²) in [4.78, 5) is 0. The fraction of sp³-hybridized carbons (Fsp3) is 0.600. The lowest BCUT2D eigenvalue weighted by molar-refractivity contribution is 0.416. The van der Waals surface area contributed by atoms with E-state index in [0.29, 0.717) is 6.04 Å². The summed E-state index contributed by atoms with van der Waals surface area (Å²) in [5.74, 6) is 0. The highest BCUT2D eigenvalue weighted by Crippen LogP contribution is 2.22. The second-order valence-electron chi connectivity index (χ2n) is 5.37. The molecule has 0 bridgehead atoms. The average molecular weight is 230 g/mol. The van der Waals surface area contributed by atoms with Gasteiger partial charge in [-0.2, -0.15) is 0 Å². The molecule has 17 heavy (non-hydrogen) atoms. The molecule has 1 aromatic carbocycles. The largest absolute Gasteiger partial charge is 0.314 e. The molecule has 2 N–H and O–H groups in total. The van der Waals surface area contributed by atoms with E-state index < -0.39 is 0 Å². The van der Waals surface area contributed by atoms with E-state index in [1.165, 1.54) is 37.7 Å². The molecule has 1 saturated heterocycles. The predicted molar refractivity (Wildman–Crippen MR) is 71.4 cm³/mol. The minimum absolute atomic E-state index is 0.616. The van der Waals surface area contributed by atoms with Crippen LogP contribution < -0.4 is 10.6 Å². The molecular formula is C15H22N2. The van der Waals surface area contributed by atoms with Crippen LogP contribution in [0.15, 0.2) is 18.2 Å². The van der Waals surface area contributed by atoms with Crippen molar-refractivity contribution in [2.45, 2.75) is 38.1 Å². The summed E-state index contributed by atoms with van der Waals surface area (Å²) >= 11 is 0. The number of hydrogen-bond donors (Lipinski definition) is 2. The number of piperazine rings is 1. The molecule has 92 valence electrons. The molecule has 1 unspecified atom stereocenters. The van der Waals surface area contributed by atoms with Gasteiger partial charge in [-0.15, -0.1) is 0 Å². The van der Waals surface area contributed by atoms with Crippen LogP contribution >= 0.6 is 0 Å². The van der Waals surface area contributed by atoms with Gasteiger partial charge >= 0.3 is 0 Å². The van der Waals surface area contributed by atoms with E-state index in [4.69, 9.17) is 0 Å². The Balaban J connectivity index is 1.70. The Kier molecular flexibility index (Phi) is 3.44. The Hall–Kier alpha value is -0.860. The zero-order chi connectivity index (χ0) is 11.5. The maximum atomic E-state index is 3.59. The molecule has 1 heterocycles. The van der Waals surface area contributed by atoms with Crippen LogP contribution in [0.25, 0.3) is 0 Å². The first kappa shape index (κ1) is 11.2. The first-order valence-corrected chi connectivity index (χ1v) is 6.96. The smallest absolute Gasteiger partial charge is 0.0233 e. The van der Waals surface area contributed by atoms with E-state index >= 15 is 0 Å². The van der Waals surface area contributed by atoms with Crippen molar-refractivity contribution in [2.75, 3.05) is 19.6 Å². The van der Waals surface area contributed by atoms with Gasteiger partial charge in [-0.05, 0) is 48.8 Å². The third kappa shape index (κ3) is 2.70. The van der Waals surface area contributed by atoms with Crippen LogP contribution in [0.2, 0.25) is 0 Å². The Bertz CT molecular complexity index is 381. The quantitative estimate of drug-likeness (QED) is 0.807. The van der Waals surface area contributed by atoms with Gasteiger partial charge in [0.25, 0.3) is 0 Å². The monoisotopic (exact) mass is 230 g/mol. The second-order valence-corrected chi connectivity index (χ2v) is 5.37. The molecule has 2 aliphatic rings. The zero-order valence-corrected chi connectivity index (χ0v) is 10.5. The van der Waals surface area contributed by atoms with E-state index in [1.807, 2.05) is 0 Å². The number of hydrogen-bond acceptors (Lipinski definition) is 2. The van der Waals surface area contributed by atoms with Crippen molar-refractivity contribution in [3.63, 3.8) is 0 Å². The van der Waals surface area contributed by atoms with E-state index in [2.05, 4.69) is 28.8 Å². The molecule has 1 atom stereocenters. The molecule has 1 fully saturated rings. The highest BCUT2D eigenvalue weighted by atomic mass is 15.0. The Morgan fingerprint density at radius 2 is 1.94 bits per heavy atom. The summed E-state index contributed by atoms with van der Waals surface area (Å²) in [6.45, 7) is 3.33. The third-order valence-electron chi connectivity index (χ3n) is 4.02. The van der Waals surface area contributed by atoms with E-state index in [1.54, 1.807) is 11.1 Å². The molecule has 2 heteroatoms. The van der Waals surface area contributed by atoms with Gasteiger partial charge in [0, 0.05) is 25.7 Å². The third-order valence-corrected chi connectivity index (χ3v) is 4.02. The van der Waals surface area contributed by atoms with Crippen LogP contribution in [0.4, 0.5) is 0 Å². The first-order chi connectivity index (χ1) is 8.42. The van der Waals surface area contributed by atoms with Gasteiger partial charge in [-0.3, -0.25) is 0 Å². The predicted octanol–water partition coefficient (Wildman–Crippen LogP) is 1.67. The maximum Gasteiger partial charge on any atom is 0.0233 e. The molecule has 2 nitrogen and oxygen atoms in total. The van der Waals surface area contributed by atoms with E-state index in [9.17, 15) is 0 Å². The number of nitrogens with one attached hydrogen (secondary N) is 2. The molecule has 1 aliphatic heterocycles. The Morgan fingerprint density at radius 1 is 1.06 bits per heavy atom. The van der Waals surface area contributed by atoms with E-state index in [0.717, 1.165) is 19.6 Å². The van der Waals surface area contributed by atoms with Gasteiger partial charge in [0.1, 0.15) is 0 Å². The lowest BCUT2D eigenvalue weighted by Crippen LogP contribution is -2.49. The van der Waals surface area contributed by atoms with Gasteiger partial charge in [-0.1, -0.05) is 18.2 Å². The minimum Gasteiger partial charge on any atom is -0.314 e. The molecular weight excluding hydrogens is 208 g/mol. The van der Waals surface area contributed by atoms with Gasteiger partial charge < -0.3 is 10.6 Å². The van der Waals surface area contributed by atoms with Crippen LogP contribution in [0.3, 0.4) is 0 Å². The molecule has 1 aromatic rings. The molecule has 0 radical (unpaired) electrons. The molecule has 0 amide bonds. The van der Waals surface area contributed by atoms with Crippen molar-refractivity contribution in [3.05, 3.63) is 34.9 Å². The highest BCUT2D eigenvalue weighted by Gasteiger charge is 2.14. The molecule has 0 spiro atoms. The summed E-state index contributed by atoms with van der Waals surface area (Å²) < 4.78 is 0. The maximum absolute atomic E-state index is 3.59. The van der Waals surface area contributed by atoms with Crippen molar-refractivity contribution in [3.8, 4) is 0 Å². The molecule has 3 rings (SSSR count). The van der Waals surface area contributed by atoms with E-state index in [-0.39, 0.29) is 0 Å². The summed E-state index contributed by atoms with van der Waals surface area (Å²) in [5.41, 5.74) is 4.71. The SMILES string of the molecule is c1cc2c(cc1CC1CNCCN1)CCCC2. The first-order valence-electron chi connectivity index (χ1n) is 6.96. The van der Waals surface area contributed by atoms with Crippen molar-refractivity contribution in [1.29, 1.82) is 0 Å². The average Bonchev–Trinajstić information content (AvgIpc) is 2.40. The van der Waals surface area contributed by atoms with Gasteiger partial charge in [0.15, 0.2) is 0 Å². The van der Waals surface area contributed by atoms with Crippen LogP contribution in [0, 0.1) is 0 Å². The second kappa shape index (κ2) is 5.19. The van der Waals surface area contributed by atoms with Crippen molar-refractivity contribution in [2.24, 2.45) is 0 Å². The Labute approximate surface area is 104 Å². The van der Waals surface area contributed by atoms with Gasteiger partial charge in [-0.25, -0.2) is 0 Å². The number of benzene rings is 1. The summed E-state index contributed by atoms with van der Waals surface area (Å²) in [7, 11) is 0. The number of fused-ring (bicyclic) bond motifs is 1. The topological polar surface area (TPSA) is 24.1 Å². The van der Waals surface area contributed by atoms with Crippen molar-refractivity contribution in [1.82, 2.24) is 10.6 Å². The van der Waals surface area contributed by atoms with Gasteiger partial charge in [0.2, 0.25) is 0 Å². The highest BCUT2D eigenvalue weighted by molar-refractivity contribution is 5.34. The van der Waals surface area contributed by atoms with Gasteiger partial charge in [0.05, 0.1) is 0 Å². The lowest BCUT2D eigenvalue weighted by atomic mass is 9.89. The van der Waals surface area contributed by atoms with Crippen LogP contribution in [0.1, 0.15) is 29.5 Å². The lowest BCUT2D eigenvalue weighted by Gasteiger charge is -2.25. The fourth-order valence-electron chi connectivity index (χ4n) is 3.06. The standard InChI is InChI=1S/C15H22N2/c1-2-4-14-9-12(5-6-13(14)3-1)10-15-11-16-7-8-17-15/h5-6,9,15-17H,1-4,7-8,10-11H2. The van der Waals surface area contributed by atoms with Crippen molar-refractivity contribution < 1.29 is 0 Å². The van der Waals surface area contributed by atoms with Crippen LogP contribution in [-0.2, 0) is 19.3 Å². The van der Waals surface area contributed by atoms with Crippen LogP contribution in [0.5, 0.6) is 0 Å². The minimum atomic E-state index is 0.616. The Morgan fingerprint density at radius 3 is 2.76 bits per heavy atom. The van der Waals surface area contributed by atoms with Crippen molar-refractivity contribution >= 4 is 0 Å². The molecule has 0 aromatic heterocycles. The summed E-state index contributed by atoms with van der Waals surface area (Å²) in [6, 6.07) is 7.76. The molecule has 1 aliphatic carbocycles. The number of rotatable bonds is 2. The summed E-state index contributed by atoms with van der Waals surface area (Å²) in [6.07, 6.45) is 6.50.